The number of hydrogen-bond acceptors (Lipinski definition) is 7. The molecule has 0 spiro atoms. The van der Waals surface area contributed by atoms with Crippen LogP contribution in [0.25, 0.3) is 11.3 Å². The van der Waals surface area contributed by atoms with Crippen LogP contribution in [-0.2, 0) is 9.47 Å². The van der Waals surface area contributed by atoms with Crippen molar-refractivity contribution in [3.05, 3.63) is 35.2 Å². The van der Waals surface area contributed by atoms with Gasteiger partial charge in [0.1, 0.15) is 5.82 Å². The van der Waals surface area contributed by atoms with Gasteiger partial charge in [-0.3, -0.25) is 0 Å². The number of halogens is 3. The minimum atomic E-state index is -0.355. The van der Waals surface area contributed by atoms with Gasteiger partial charge in [-0.1, -0.05) is 30.9 Å². The van der Waals surface area contributed by atoms with Crippen molar-refractivity contribution in [1.29, 1.82) is 0 Å². The smallest absolute Gasteiger partial charge is 0.165 e. The molecule has 1 saturated carbocycles. The molecule has 2 aromatic rings. The van der Waals surface area contributed by atoms with E-state index in [1.54, 1.807) is 17.8 Å². The van der Waals surface area contributed by atoms with Gasteiger partial charge >= 0.3 is 0 Å². The van der Waals surface area contributed by atoms with E-state index in [9.17, 15) is 8.87 Å². The molecule has 35 heavy (non-hydrogen) atoms. The van der Waals surface area contributed by atoms with Crippen LogP contribution >= 0.6 is 11.6 Å². The van der Waals surface area contributed by atoms with Gasteiger partial charge in [-0.2, -0.15) is 5.54 Å². The first-order valence-corrected chi connectivity index (χ1v) is 12.8. The van der Waals surface area contributed by atoms with Gasteiger partial charge in [0.05, 0.1) is 30.0 Å². The second-order valence-corrected chi connectivity index (χ2v) is 9.74. The molecule has 0 bridgehead atoms. The third-order valence-electron chi connectivity index (χ3n) is 6.63. The van der Waals surface area contributed by atoms with Crippen molar-refractivity contribution < 1.29 is 18.3 Å². The van der Waals surface area contributed by atoms with Gasteiger partial charge in [0.15, 0.2) is 11.6 Å². The molecular formula is C25H34ClF2N5O2. The number of nitrogens with zero attached hydrogens (tertiary/aromatic N) is 2. The Bertz CT molecular complexity index is 935. The van der Waals surface area contributed by atoms with Crippen LogP contribution in [0.4, 0.5) is 20.5 Å². The number of ether oxygens (including phenoxy) is 2. The lowest BCUT2D eigenvalue weighted by atomic mass is 9.95. The van der Waals surface area contributed by atoms with E-state index < -0.39 is 0 Å². The molecule has 4 heterocycles. The van der Waals surface area contributed by atoms with E-state index in [4.69, 9.17) is 16.3 Å². The van der Waals surface area contributed by atoms with Gasteiger partial charge in [-0.05, 0) is 49.8 Å². The summed E-state index contributed by atoms with van der Waals surface area (Å²) >= 11 is 6.41. The maximum atomic E-state index is 14.3. The third-order valence-corrected chi connectivity index (χ3v) is 6.93. The van der Waals surface area contributed by atoms with Crippen LogP contribution in [-0.4, -0.2) is 55.0 Å². The van der Waals surface area contributed by atoms with Crippen molar-refractivity contribution in [3.63, 3.8) is 0 Å². The van der Waals surface area contributed by atoms with Crippen molar-refractivity contribution in [3.8, 4) is 11.3 Å². The standard InChI is InChI=1S/C22H28ClFN4O.C3H6FNO/c23-18-14-25-21(27-16-4-2-1-3-5-16)12-17(18)20-7-6-19(24)22(28-20)26-13-15-8-10-29-11-9-15;4-5-3-1-6-2-3/h6-7,12,14-16H,1-5,8-11,13H2,(H,25,27)(H,26,28);3,5H,1-2H2. The zero-order chi connectivity index (χ0) is 24.5. The zero-order valence-electron chi connectivity index (χ0n) is 19.9. The van der Waals surface area contributed by atoms with Crippen molar-refractivity contribution in [2.75, 3.05) is 43.6 Å². The highest BCUT2D eigenvalue weighted by Crippen LogP contribution is 2.31. The zero-order valence-corrected chi connectivity index (χ0v) is 20.6. The van der Waals surface area contributed by atoms with Gasteiger partial charge in [0.25, 0.3) is 0 Å². The molecule has 0 amide bonds. The van der Waals surface area contributed by atoms with E-state index in [0.717, 1.165) is 50.3 Å². The van der Waals surface area contributed by atoms with Crippen LogP contribution in [0.2, 0.25) is 5.02 Å². The summed E-state index contributed by atoms with van der Waals surface area (Å²) in [5.41, 5.74) is 2.97. The van der Waals surface area contributed by atoms with Gasteiger partial charge in [-0.25, -0.2) is 14.4 Å². The Morgan fingerprint density at radius 3 is 2.43 bits per heavy atom. The van der Waals surface area contributed by atoms with Crippen molar-refractivity contribution in [2.45, 2.75) is 57.0 Å². The Hall–Kier alpha value is -2.07. The molecule has 2 aliphatic heterocycles. The molecule has 0 atom stereocenters. The quantitative estimate of drug-likeness (QED) is 0.432. The predicted molar refractivity (Wildman–Crippen MR) is 134 cm³/mol. The Morgan fingerprint density at radius 2 is 1.77 bits per heavy atom. The summed E-state index contributed by atoms with van der Waals surface area (Å²) < 4.78 is 35.4. The number of pyridine rings is 2. The highest BCUT2D eigenvalue weighted by atomic mass is 35.5. The predicted octanol–water partition coefficient (Wildman–Crippen LogP) is 5.38. The van der Waals surface area contributed by atoms with E-state index in [1.807, 2.05) is 6.07 Å². The van der Waals surface area contributed by atoms with Gasteiger partial charge in [0, 0.05) is 37.6 Å². The van der Waals surface area contributed by atoms with Crippen molar-refractivity contribution in [1.82, 2.24) is 15.5 Å². The summed E-state index contributed by atoms with van der Waals surface area (Å²) in [4.78, 5) is 8.94. The van der Waals surface area contributed by atoms with E-state index in [0.29, 0.717) is 42.4 Å². The largest absolute Gasteiger partial charge is 0.381 e. The highest BCUT2D eigenvalue weighted by molar-refractivity contribution is 6.33. The van der Waals surface area contributed by atoms with E-state index in [2.05, 4.69) is 25.3 Å². The second-order valence-electron chi connectivity index (χ2n) is 9.34. The Labute approximate surface area is 210 Å². The first kappa shape index (κ1) is 26.0. The Kier molecular flexibility index (Phi) is 9.88. The van der Waals surface area contributed by atoms with Gasteiger partial charge in [-0.15, -0.1) is 4.48 Å². The molecule has 0 aromatic carbocycles. The van der Waals surface area contributed by atoms with Gasteiger partial charge in [0.2, 0.25) is 0 Å². The molecule has 0 radical (unpaired) electrons. The maximum Gasteiger partial charge on any atom is 0.165 e. The summed E-state index contributed by atoms with van der Waals surface area (Å²) in [5, 5.41) is 7.20. The first-order chi connectivity index (χ1) is 17.1. The molecule has 0 unspecified atom stereocenters. The monoisotopic (exact) mass is 509 g/mol. The van der Waals surface area contributed by atoms with Crippen LogP contribution in [0.5, 0.6) is 0 Å². The molecule has 10 heteroatoms. The summed E-state index contributed by atoms with van der Waals surface area (Å²) in [6.45, 7) is 3.28. The van der Waals surface area contributed by atoms with Crippen molar-refractivity contribution in [2.24, 2.45) is 5.92 Å². The Balaban J connectivity index is 0.000000421. The maximum absolute atomic E-state index is 14.3. The van der Waals surface area contributed by atoms with Gasteiger partial charge < -0.3 is 20.1 Å². The van der Waals surface area contributed by atoms with Crippen LogP contribution < -0.4 is 16.2 Å². The average Bonchev–Trinajstić information content (AvgIpc) is 2.86. The second kappa shape index (κ2) is 13.3. The van der Waals surface area contributed by atoms with Crippen LogP contribution in [0, 0.1) is 11.7 Å². The van der Waals surface area contributed by atoms with Crippen molar-refractivity contribution >= 4 is 23.2 Å². The minimum Gasteiger partial charge on any atom is -0.381 e. The van der Waals surface area contributed by atoms with Crippen LogP contribution in [0.3, 0.4) is 0 Å². The molecule has 5 rings (SSSR count). The Morgan fingerprint density at radius 1 is 1.00 bits per heavy atom. The molecule has 3 fully saturated rings. The normalized spacial score (nSPS) is 19.4. The first-order valence-electron chi connectivity index (χ1n) is 12.5. The fourth-order valence-electron chi connectivity index (χ4n) is 4.38. The molecule has 2 aromatic heterocycles. The molecule has 1 aliphatic carbocycles. The molecule has 3 aliphatic rings. The van der Waals surface area contributed by atoms with Crippen LogP contribution in [0.1, 0.15) is 44.9 Å². The summed E-state index contributed by atoms with van der Waals surface area (Å²) in [6, 6.07) is 5.45. The average molecular weight is 510 g/mol. The number of anilines is 2. The third kappa shape index (κ3) is 7.70. The lowest BCUT2D eigenvalue weighted by Crippen LogP contribution is -2.41. The SMILES string of the molecule is FNC1COC1.Fc1ccc(-c2cc(NC3CCCCC3)ncc2Cl)nc1NCC1CCOCC1. The van der Waals surface area contributed by atoms with E-state index >= 15 is 0 Å². The summed E-state index contributed by atoms with van der Waals surface area (Å²) in [5.74, 6) is 1.18. The van der Waals surface area contributed by atoms with E-state index in [-0.39, 0.29) is 17.7 Å². The fraction of sp³-hybridized carbons (Fsp3) is 0.600. The number of nitrogens with one attached hydrogen (secondary N) is 3. The summed E-state index contributed by atoms with van der Waals surface area (Å²) in [6.07, 6.45) is 9.74. The van der Waals surface area contributed by atoms with Crippen LogP contribution in [0.15, 0.2) is 24.4 Å². The highest BCUT2D eigenvalue weighted by Gasteiger charge is 2.18. The lowest BCUT2D eigenvalue weighted by molar-refractivity contribution is -0.0312. The minimum absolute atomic E-state index is 0.0231. The number of aromatic nitrogens is 2. The molecular weight excluding hydrogens is 476 g/mol. The lowest BCUT2D eigenvalue weighted by Gasteiger charge is -2.23. The fourth-order valence-corrected chi connectivity index (χ4v) is 4.58. The van der Waals surface area contributed by atoms with E-state index in [1.165, 1.54) is 25.3 Å². The number of hydrogen-bond donors (Lipinski definition) is 3. The summed E-state index contributed by atoms with van der Waals surface area (Å²) in [7, 11) is 0. The molecule has 3 N–H and O–H groups in total. The molecule has 2 saturated heterocycles. The molecule has 7 nitrogen and oxygen atoms in total. The number of rotatable bonds is 7. The molecule has 192 valence electrons. The topological polar surface area (TPSA) is 80.3 Å².